The number of carbonyl (C=O) groups is 1. The third kappa shape index (κ3) is 5.33. The fourth-order valence-corrected chi connectivity index (χ4v) is 3.74. The quantitative estimate of drug-likeness (QED) is 0.685. The van der Waals surface area contributed by atoms with Crippen LogP contribution in [-0.2, 0) is 16.2 Å². The minimum Gasteiger partial charge on any atom is -0.396 e. The van der Waals surface area contributed by atoms with Gasteiger partial charge in [-0.1, -0.05) is 69.4 Å². The summed E-state index contributed by atoms with van der Waals surface area (Å²) in [6.07, 6.45) is 6.88. The van der Waals surface area contributed by atoms with E-state index in [0.29, 0.717) is 12.5 Å². The fraction of sp³-hybridized carbons (Fsp3) is 0.632. The lowest BCUT2D eigenvalue weighted by Gasteiger charge is -2.29. The highest BCUT2D eigenvalue weighted by molar-refractivity contribution is 5.78. The molecule has 1 aromatic carbocycles. The lowest BCUT2D eigenvalue weighted by molar-refractivity contribution is -0.143. The zero-order valence-electron chi connectivity index (χ0n) is 14.0. The summed E-state index contributed by atoms with van der Waals surface area (Å²) < 4.78 is 0. The average Bonchev–Trinajstić information content (AvgIpc) is 3.10. The van der Waals surface area contributed by atoms with Crippen LogP contribution in [0.25, 0.3) is 0 Å². The monoisotopic (exact) mass is 319 g/mol. The third-order valence-corrected chi connectivity index (χ3v) is 4.93. The van der Waals surface area contributed by atoms with Gasteiger partial charge < -0.3 is 5.11 Å². The molecule has 1 aliphatic carbocycles. The maximum Gasteiger partial charge on any atom is 0.249 e. The fourth-order valence-electron chi connectivity index (χ4n) is 3.74. The van der Waals surface area contributed by atoms with Crippen molar-refractivity contribution in [1.82, 2.24) is 5.48 Å². The van der Waals surface area contributed by atoms with E-state index in [4.69, 9.17) is 4.84 Å². The van der Waals surface area contributed by atoms with Crippen molar-refractivity contribution in [2.24, 2.45) is 17.8 Å². The first kappa shape index (κ1) is 18.0. The van der Waals surface area contributed by atoms with Crippen molar-refractivity contribution >= 4 is 5.91 Å². The van der Waals surface area contributed by atoms with E-state index in [2.05, 4.69) is 12.4 Å². The second kappa shape index (κ2) is 9.68. The number of amides is 1. The van der Waals surface area contributed by atoms with Gasteiger partial charge in [-0.05, 0) is 23.8 Å². The highest BCUT2D eigenvalue weighted by Crippen LogP contribution is 2.38. The van der Waals surface area contributed by atoms with E-state index in [9.17, 15) is 9.90 Å². The van der Waals surface area contributed by atoms with E-state index in [1.165, 1.54) is 25.7 Å². The predicted molar refractivity (Wildman–Crippen MR) is 90.3 cm³/mol. The normalized spacial score (nSPS) is 17.8. The Hall–Kier alpha value is -1.39. The highest BCUT2D eigenvalue weighted by Gasteiger charge is 2.34. The van der Waals surface area contributed by atoms with Gasteiger partial charge in [-0.3, -0.25) is 9.63 Å². The van der Waals surface area contributed by atoms with Gasteiger partial charge in [0.25, 0.3) is 0 Å². The molecule has 0 bridgehead atoms. The molecule has 0 saturated heterocycles. The number of rotatable bonds is 9. The molecule has 0 aromatic heterocycles. The molecule has 2 rings (SSSR count). The Labute approximate surface area is 139 Å². The van der Waals surface area contributed by atoms with Crippen LogP contribution in [0, 0.1) is 17.8 Å². The lowest BCUT2D eigenvalue weighted by atomic mass is 9.77. The number of aliphatic hydroxyl groups excluding tert-OH is 1. The molecule has 1 fully saturated rings. The number of nitrogens with one attached hydrogen (secondary N) is 1. The van der Waals surface area contributed by atoms with Crippen LogP contribution in [0.2, 0.25) is 0 Å². The summed E-state index contributed by atoms with van der Waals surface area (Å²) in [5.41, 5.74) is 3.55. The predicted octanol–water partition coefficient (Wildman–Crippen LogP) is 3.45. The van der Waals surface area contributed by atoms with Crippen LogP contribution in [-0.4, -0.2) is 17.6 Å². The summed E-state index contributed by atoms with van der Waals surface area (Å²) in [7, 11) is 0. The summed E-state index contributed by atoms with van der Waals surface area (Å²) in [6, 6.07) is 9.73. The molecule has 4 nitrogen and oxygen atoms in total. The van der Waals surface area contributed by atoms with Gasteiger partial charge in [-0.15, -0.1) is 0 Å². The van der Waals surface area contributed by atoms with Crippen molar-refractivity contribution in [3.05, 3.63) is 35.9 Å². The molecule has 2 atom stereocenters. The van der Waals surface area contributed by atoms with E-state index >= 15 is 0 Å². The van der Waals surface area contributed by atoms with E-state index in [1.807, 2.05) is 30.3 Å². The van der Waals surface area contributed by atoms with Crippen LogP contribution < -0.4 is 5.48 Å². The molecule has 1 aromatic rings. The topological polar surface area (TPSA) is 58.6 Å². The molecule has 1 aliphatic rings. The van der Waals surface area contributed by atoms with Gasteiger partial charge >= 0.3 is 0 Å². The molecule has 128 valence electrons. The largest absolute Gasteiger partial charge is 0.396 e. The van der Waals surface area contributed by atoms with E-state index in [0.717, 1.165) is 18.4 Å². The summed E-state index contributed by atoms with van der Waals surface area (Å²) >= 11 is 0. The van der Waals surface area contributed by atoms with Crippen LogP contribution >= 0.6 is 0 Å². The molecule has 2 unspecified atom stereocenters. The van der Waals surface area contributed by atoms with Crippen LogP contribution in [0.5, 0.6) is 0 Å². The molecule has 0 spiro atoms. The number of carbonyl (C=O) groups excluding carboxylic acids is 1. The van der Waals surface area contributed by atoms with Crippen molar-refractivity contribution in [2.75, 3.05) is 6.61 Å². The van der Waals surface area contributed by atoms with Crippen LogP contribution in [0.1, 0.15) is 51.0 Å². The Bertz CT molecular complexity index is 457. The highest BCUT2D eigenvalue weighted by atomic mass is 16.6. The molecule has 0 heterocycles. The first-order chi connectivity index (χ1) is 11.3. The molecular weight excluding hydrogens is 290 g/mol. The van der Waals surface area contributed by atoms with Gasteiger partial charge in [0.15, 0.2) is 0 Å². The molecule has 23 heavy (non-hydrogen) atoms. The minimum absolute atomic E-state index is 0.109. The zero-order valence-corrected chi connectivity index (χ0v) is 14.0. The smallest absolute Gasteiger partial charge is 0.249 e. The van der Waals surface area contributed by atoms with Gasteiger partial charge in [-0.25, -0.2) is 5.48 Å². The van der Waals surface area contributed by atoms with Gasteiger partial charge in [0.05, 0.1) is 19.1 Å². The summed E-state index contributed by atoms with van der Waals surface area (Å²) in [5, 5.41) is 9.75. The number of benzene rings is 1. The third-order valence-electron chi connectivity index (χ3n) is 4.93. The Kier molecular flexibility index (Phi) is 7.56. The average molecular weight is 319 g/mol. The van der Waals surface area contributed by atoms with Gasteiger partial charge in [0, 0.05) is 0 Å². The molecule has 0 radical (unpaired) electrons. The van der Waals surface area contributed by atoms with Gasteiger partial charge in [0.1, 0.15) is 0 Å². The van der Waals surface area contributed by atoms with Crippen molar-refractivity contribution in [1.29, 1.82) is 0 Å². The Morgan fingerprint density at radius 2 is 2.00 bits per heavy atom. The second-order valence-electron chi connectivity index (χ2n) is 6.53. The molecule has 1 saturated carbocycles. The minimum atomic E-state index is -0.367. The first-order valence-electron chi connectivity index (χ1n) is 8.82. The van der Waals surface area contributed by atoms with E-state index in [1.54, 1.807) is 0 Å². The lowest BCUT2D eigenvalue weighted by Crippen LogP contribution is -2.39. The van der Waals surface area contributed by atoms with E-state index in [-0.39, 0.29) is 24.3 Å². The van der Waals surface area contributed by atoms with Gasteiger partial charge in [0.2, 0.25) is 5.91 Å². The van der Waals surface area contributed by atoms with Crippen LogP contribution in [0.3, 0.4) is 0 Å². The number of hydroxylamine groups is 1. The standard InChI is InChI=1S/C19H29NO3/c1-2-8-17(16-11-6-7-12-16)18(13-21)19(22)20-23-14-15-9-4-3-5-10-15/h3-5,9-10,16-18,21H,2,6-8,11-14H2,1H3,(H,20,22). The van der Waals surface area contributed by atoms with Gasteiger partial charge in [-0.2, -0.15) is 0 Å². The van der Waals surface area contributed by atoms with Crippen molar-refractivity contribution < 1.29 is 14.7 Å². The molecule has 1 amide bonds. The van der Waals surface area contributed by atoms with Crippen molar-refractivity contribution in [3.8, 4) is 0 Å². The first-order valence-corrected chi connectivity index (χ1v) is 8.82. The summed E-state index contributed by atoms with van der Waals surface area (Å²) in [4.78, 5) is 17.8. The number of aliphatic hydroxyl groups is 1. The zero-order chi connectivity index (χ0) is 16.5. The molecule has 0 aliphatic heterocycles. The van der Waals surface area contributed by atoms with E-state index < -0.39 is 0 Å². The summed E-state index contributed by atoms with van der Waals surface area (Å²) in [5.74, 6) is 0.266. The number of hydrogen-bond donors (Lipinski definition) is 2. The number of hydrogen-bond acceptors (Lipinski definition) is 3. The summed E-state index contributed by atoms with van der Waals surface area (Å²) in [6.45, 7) is 2.37. The Morgan fingerprint density at radius 1 is 1.30 bits per heavy atom. The van der Waals surface area contributed by atoms with Crippen LogP contribution in [0.15, 0.2) is 30.3 Å². The Morgan fingerprint density at radius 3 is 2.61 bits per heavy atom. The SMILES string of the molecule is CCCC(C1CCCC1)C(CO)C(=O)NOCc1ccccc1. The van der Waals surface area contributed by atoms with Crippen LogP contribution in [0.4, 0.5) is 0 Å². The second-order valence-corrected chi connectivity index (χ2v) is 6.53. The molecule has 4 heteroatoms. The maximum atomic E-state index is 12.4. The molecule has 2 N–H and O–H groups in total. The maximum absolute atomic E-state index is 12.4. The van der Waals surface area contributed by atoms with Crippen molar-refractivity contribution in [2.45, 2.75) is 52.1 Å². The Balaban J connectivity index is 1.87. The van der Waals surface area contributed by atoms with Crippen molar-refractivity contribution in [3.63, 3.8) is 0 Å². The molecular formula is C19H29NO3.